The van der Waals surface area contributed by atoms with E-state index in [1.54, 1.807) is 32.4 Å². The van der Waals surface area contributed by atoms with E-state index < -0.39 is 0 Å². The first-order chi connectivity index (χ1) is 12.7. The van der Waals surface area contributed by atoms with Gasteiger partial charge in [0.1, 0.15) is 11.5 Å². The molecule has 2 aromatic carbocycles. The number of hydrogen-bond donors (Lipinski definition) is 2. The van der Waals surface area contributed by atoms with E-state index in [0.717, 1.165) is 19.5 Å². The molecule has 1 amide bonds. The quantitative estimate of drug-likeness (QED) is 0.835. The topological polar surface area (TPSA) is 52.0 Å². The Hall–Kier alpha value is -2.79. The summed E-state index contributed by atoms with van der Waals surface area (Å²) in [6.07, 6.45) is 3.23. The number of carbonyl (C=O) groups excluding carboxylic acids is 1. The molecule has 2 aromatic rings. The third-order valence-electron chi connectivity index (χ3n) is 4.62. The fourth-order valence-electron chi connectivity index (χ4n) is 3.18. The molecule has 0 fully saturated rings. The Morgan fingerprint density at radius 1 is 1.12 bits per heavy atom. The van der Waals surface area contributed by atoms with E-state index in [2.05, 4.69) is 35.7 Å². The summed E-state index contributed by atoms with van der Waals surface area (Å²) in [5.41, 5.74) is 3.31. The highest BCUT2D eigenvalue weighted by Gasteiger charge is 2.19. The minimum atomic E-state index is -0.0139. The lowest BCUT2D eigenvalue weighted by molar-refractivity contribution is -0.886. The predicted octanol–water partition coefficient (Wildman–Crippen LogP) is 2.01. The van der Waals surface area contributed by atoms with E-state index in [4.69, 9.17) is 9.47 Å². The second-order valence-corrected chi connectivity index (χ2v) is 6.34. The van der Waals surface area contributed by atoms with Crippen molar-refractivity contribution in [2.45, 2.75) is 6.42 Å². The fraction of sp³-hybridized carbons (Fsp3) is 0.286. The van der Waals surface area contributed by atoms with Crippen LogP contribution in [0.5, 0.6) is 11.5 Å². The average Bonchev–Trinajstić information content (AvgIpc) is 2.69. The molecular formula is C21H25N2O3+. The van der Waals surface area contributed by atoms with Gasteiger partial charge in [-0.25, -0.2) is 0 Å². The number of benzene rings is 2. The van der Waals surface area contributed by atoms with Gasteiger partial charge in [0, 0.05) is 12.5 Å². The van der Waals surface area contributed by atoms with Crippen molar-refractivity contribution in [1.82, 2.24) is 0 Å². The van der Waals surface area contributed by atoms with Gasteiger partial charge in [-0.3, -0.25) is 4.79 Å². The normalized spacial score (nSPS) is 16.5. The van der Waals surface area contributed by atoms with Gasteiger partial charge in [-0.15, -0.1) is 0 Å². The minimum Gasteiger partial charge on any atom is -0.497 e. The second kappa shape index (κ2) is 8.54. The van der Waals surface area contributed by atoms with Gasteiger partial charge in [-0.2, -0.15) is 0 Å². The fourth-order valence-corrected chi connectivity index (χ4v) is 3.18. The number of ether oxygens (including phenoxy) is 2. The Morgan fingerprint density at radius 2 is 1.92 bits per heavy atom. The Bertz CT molecular complexity index is 787. The molecule has 0 saturated heterocycles. The maximum absolute atomic E-state index is 12.4. The van der Waals surface area contributed by atoms with Crippen molar-refractivity contribution >= 4 is 17.2 Å². The van der Waals surface area contributed by atoms with Crippen LogP contribution in [0.15, 0.2) is 54.6 Å². The lowest BCUT2D eigenvalue weighted by atomic mass is 10.00. The van der Waals surface area contributed by atoms with Crippen molar-refractivity contribution in [3.63, 3.8) is 0 Å². The van der Waals surface area contributed by atoms with Crippen LogP contribution in [0.25, 0.3) is 5.57 Å². The zero-order valence-corrected chi connectivity index (χ0v) is 15.2. The maximum atomic E-state index is 12.4. The first-order valence-corrected chi connectivity index (χ1v) is 8.79. The molecule has 1 aliphatic rings. The molecule has 26 heavy (non-hydrogen) atoms. The first-order valence-electron chi connectivity index (χ1n) is 8.79. The average molecular weight is 353 g/mol. The van der Waals surface area contributed by atoms with Crippen LogP contribution in [-0.4, -0.2) is 39.8 Å². The molecule has 0 aromatic heterocycles. The molecule has 0 saturated carbocycles. The molecule has 5 heteroatoms. The predicted molar refractivity (Wildman–Crippen MR) is 103 cm³/mol. The zero-order chi connectivity index (χ0) is 18.4. The molecule has 1 aliphatic heterocycles. The summed E-state index contributed by atoms with van der Waals surface area (Å²) in [7, 11) is 3.18. The summed E-state index contributed by atoms with van der Waals surface area (Å²) in [6.45, 7) is 2.25. The van der Waals surface area contributed by atoms with Gasteiger partial charge >= 0.3 is 0 Å². The van der Waals surface area contributed by atoms with Crippen molar-refractivity contribution in [2.75, 3.05) is 39.2 Å². The van der Waals surface area contributed by atoms with Gasteiger partial charge in [0.15, 0.2) is 6.54 Å². The van der Waals surface area contributed by atoms with E-state index in [9.17, 15) is 4.79 Å². The van der Waals surface area contributed by atoms with E-state index in [-0.39, 0.29) is 5.91 Å². The number of carbonyl (C=O) groups is 1. The molecule has 0 bridgehead atoms. The summed E-state index contributed by atoms with van der Waals surface area (Å²) < 4.78 is 10.5. The molecule has 0 aliphatic carbocycles. The highest BCUT2D eigenvalue weighted by atomic mass is 16.5. The third-order valence-corrected chi connectivity index (χ3v) is 4.62. The van der Waals surface area contributed by atoms with Crippen LogP contribution < -0.4 is 19.7 Å². The Kier molecular flexibility index (Phi) is 5.92. The van der Waals surface area contributed by atoms with Gasteiger partial charge < -0.3 is 19.7 Å². The van der Waals surface area contributed by atoms with Crippen LogP contribution >= 0.6 is 0 Å². The molecule has 2 N–H and O–H groups in total. The number of quaternary nitrogens is 1. The van der Waals surface area contributed by atoms with Crippen LogP contribution in [0.3, 0.4) is 0 Å². The molecular weight excluding hydrogens is 328 g/mol. The van der Waals surface area contributed by atoms with Crippen molar-refractivity contribution in [3.8, 4) is 11.5 Å². The molecule has 5 nitrogen and oxygen atoms in total. The van der Waals surface area contributed by atoms with E-state index in [0.29, 0.717) is 23.7 Å². The van der Waals surface area contributed by atoms with Crippen LogP contribution in [0.2, 0.25) is 0 Å². The van der Waals surface area contributed by atoms with Gasteiger partial charge in [0.25, 0.3) is 5.91 Å². The zero-order valence-electron chi connectivity index (χ0n) is 15.2. The number of anilines is 1. The second-order valence-electron chi connectivity index (χ2n) is 6.34. The molecule has 0 radical (unpaired) electrons. The SMILES string of the molecule is COc1ccc(NC(=O)C[NH+]2CC=C(c3ccccc3)CC2)c(OC)c1. The molecule has 1 unspecified atom stereocenters. The van der Waals surface area contributed by atoms with Crippen LogP contribution in [0.4, 0.5) is 5.69 Å². The lowest BCUT2D eigenvalue weighted by Crippen LogP contribution is -3.13. The van der Waals surface area contributed by atoms with E-state index >= 15 is 0 Å². The molecule has 1 atom stereocenters. The van der Waals surface area contributed by atoms with Crippen LogP contribution in [0.1, 0.15) is 12.0 Å². The largest absolute Gasteiger partial charge is 0.497 e. The molecule has 0 spiro atoms. The molecule has 136 valence electrons. The highest BCUT2D eigenvalue weighted by molar-refractivity contribution is 5.93. The minimum absolute atomic E-state index is 0.0139. The molecule has 3 rings (SSSR count). The number of amides is 1. The summed E-state index contributed by atoms with van der Waals surface area (Å²) in [5.74, 6) is 1.28. The van der Waals surface area contributed by atoms with Gasteiger partial charge in [0.2, 0.25) is 0 Å². The number of methoxy groups -OCH3 is 2. The van der Waals surface area contributed by atoms with Crippen LogP contribution in [-0.2, 0) is 4.79 Å². The summed E-state index contributed by atoms with van der Waals surface area (Å²) in [5, 5.41) is 2.94. The monoisotopic (exact) mass is 353 g/mol. The van der Waals surface area contributed by atoms with Crippen molar-refractivity contribution in [1.29, 1.82) is 0 Å². The Morgan fingerprint density at radius 3 is 2.58 bits per heavy atom. The van der Waals surface area contributed by atoms with Crippen molar-refractivity contribution in [2.24, 2.45) is 0 Å². The lowest BCUT2D eigenvalue weighted by Gasteiger charge is -2.23. The van der Waals surface area contributed by atoms with E-state index in [1.807, 2.05) is 6.07 Å². The number of nitrogens with one attached hydrogen (secondary N) is 2. The van der Waals surface area contributed by atoms with Gasteiger partial charge in [-0.05, 0) is 29.3 Å². The summed E-state index contributed by atoms with van der Waals surface area (Å²) in [6, 6.07) is 15.8. The van der Waals surface area contributed by atoms with Gasteiger partial charge in [-0.1, -0.05) is 30.3 Å². The summed E-state index contributed by atoms with van der Waals surface area (Å²) in [4.78, 5) is 13.7. The Labute approximate surface area is 154 Å². The van der Waals surface area contributed by atoms with E-state index in [1.165, 1.54) is 16.0 Å². The number of rotatable bonds is 6. The standard InChI is InChI=1S/C21H24N2O3/c1-25-18-8-9-19(20(14-18)26-2)22-21(24)15-23-12-10-17(11-13-23)16-6-4-3-5-7-16/h3-10,14H,11-13,15H2,1-2H3,(H,22,24)/p+1. The first kappa shape index (κ1) is 18.0. The maximum Gasteiger partial charge on any atom is 0.279 e. The van der Waals surface area contributed by atoms with Crippen LogP contribution in [0, 0.1) is 0 Å². The summed E-state index contributed by atoms with van der Waals surface area (Å²) >= 11 is 0. The highest BCUT2D eigenvalue weighted by Crippen LogP contribution is 2.28. The number of hydrogen-bond acceptors (Lipinski definition) is 3. The molecule has 1 heterocycles. The van der Waals surface area contributed by atoms with Crippen molar-refractivity contribution < 1.29 is 19.2 Å². The Balaban J connectivity index is 1.57. The van der Waals surface area contributed by atoms with Gasteiger partial charge in [0.05, 0.1) is 33.0 Å². The third kappa shape index (κ3) is 4.43. The van der Waals surface area contributed by atoms with Crippen molar-refractivity contribution in [3.05, 3.63) is 60.2 Å². The smallest absolute Gasteiger partial charge is 0.279 e.